The van der Waals surface area contributed by atoms with Crippen LogP contribution in [0.2, 0.25) is 0 Å². The number of nitrogens with one attached hydrogen (secondary N) is 1. The number of aromatic nitrogens is 2. The molecule has 1 fully saturated rings. The third-order valence-electron chi connectivity index (χ3n) is 3.76. The molecule has 7 nitrogen and oxygen atoms in total. The summed E-state index contributed by atoms with van der Waals surface area (Å²) >= 11 is 0. The zero-order valence-corrected chi connectivity index (χ0v) is 13.0. The standard InChI is InChI=1S/C16H19N5O2/c1-22-16-14(12(17)3-5-20-16)15(18)11-2-4-19-13(10-11)21-6-8-23-9-7-21/h2-5,10,18H,6-9H2,1H3,(H2,17,20). The van der Waals surface area contributed by atoms with Gasteiger partial charge in [0, 0.05) is 36.7 Å². The van der Waals surface area contributed by atoms with Gasteiger partial charge in [0.15, 0.2) is 0 Å². The first kappa shape index (κ1) is 15.2. The number of nitrogens with two attached hydrogens (primary N) is 1. The molecule has 0 atom stereocenters. The number of ether oxygens (including phenoxy) is 2. The lowest BCUT2D eigenvalue weighted by Crippen LogP contribution is -2.36. The Morgan fingerprint density at radius 1 is 1.26 bits per heavy atom. The van der Waals surface area contributed by atoms with Crippen LogP contribution in [0.25, 0.3) is 0 Å². The Morgan fingerprint density at radius 3 is 2.74 bits per heavy atom. The highest BCUT2D eigenvalue weighted by molar-refractivity contribution is 6.15. The van der Waals surface area contributed by atoms with Crippen LogP contribution in [0.5, 0.6) is 5.88 Å². The SMILES string of the molecule is COc1nccc(N)c1C(=N)c1ccnc(N2CCOCC2)c1. The maximum Gasteiger partial charge on any atom is 0.224 e. The lowest BCUT2D eigenvalue weighted by atomic mass is 10.0. The van der Waals surface area contributed by atoms with Crippen molar-refractivity contribution < 1.29 is 9.47 Å². The maximum absolute atomic E-state index is 8.50. The van der Waals surface area contributed by atoms with Crippen LogP contribution in [0.15, 0.2) is 30.6 Å². The molecular formula is C16H19N5O2. The highest BCUT2D eigenvalue weighted by Gasteiger charge is 2.18. The molecule has 7 heteroatoms. The first-order chi connectivity index (χ1) is 11.2. The Hall–Kier alpha value is -2.67. The minimum absolute atomic E-state index is 0.268. The van der Waals surface area contributed by atoms with Crippen molar-refractivity contribution in [2.45, 2.75) is 0 Å². The Morgan fingerprint density at radius 2 is 2.00 bits per heavy atom. The number of anilines is 2. The van der Waals surface area contributed by atoms with E-state index >= 15 is 0 Å². The fourth-order valence-electron chi connectivity index (χ4n) is 2.55. The number of pyridine rings is 2. The molecule has 1 aliphatic heterocycles. The van der Waals surface area contributed by atoms with E-state index in [4.69, 9.17) is 20.6 Å². The van der Waals surface area contributed by atoms with E-state index in [1.165, 1.54) is 7.11 Å². The molecule has 0 amide bonds. The molecule has 0 saturated carbocycles. The summed E-state index contributed by atoms with van der Waals surface area (Å²) in [7, 11) is 1.52. The first-order valence-corrected chi connectivity index (χ1v) is 7.37. The summed E-state index contributed by atoms with van der Waals surface area (Å²) in [5.41, 5.74) is 7.96. The normalized spacial score (nSPS) is 14.6. The van der Waals surface area contributed by atoms with Crippen molar-refractivity contribution in [2.24, 2.45) is 0 Å². The van der Waals surface area contributed by atoms with Gasteiger partial charge < -0.3 is 20.1 Å². The zero-order chi connectivity index (χ0) is 16.2. The number of hydrogen-bond donors (Lipinski definition) is 2. The minimum atomic E-state index is 0.268. The fraction of sp³-hybridized carbons (Fsp3) is 0.312. The number of nitrogen functional groups attached to an aromatic ring is 1. The van der Waals surface area contributed by atoms with Crippen molar-refractivity contribution >= 4 is 17.2 Å². The van der Waals surface area contributed by atoms with Crippen LogP contribution in [0, 0.1) is 5.41 Å². The van der Waals surface area contributed by atoms with Crippen molar-refractivity contribution in [3.8, 4) is 5.88 Å². The second-order valence-corrected chi connectivity index (χ2v) is 5.16. The highest BCUT2D eigenvalue weighted by atomic mass is 16.5. The second kappa shape index (κ2) is 6.62. The molecule has 3 rings (SSSR count). The van der Waals surface area contributed by atoms with Crippen molar-refractivity contribution in [1.29, 1.82) is 5.41 Å². The van der Waals surface area contributed by atoms with Crippen LogP contribution in [0.3, 0.4) is 0 Å². The summed E-state index contributed by atoms with van der Waals surface area (Å²) in [5.74, 6) is 1.18. The Bertz CT molecular complexity index is 713. The van der Waals surface area contributed by atoms with Gasteiger partial charge in [-0.25, -0.2) is 9.97 Å². The van der Waals surface area contributed by atoms with E-state index in [0.29, 0.717) is 30.3 Å². The molecule has 0 aliphatic carbocycles. The lowest BCUT2D eigenvalue weighted by molar-refractivity contribution is 0.122. The minimum Gasteiger partial charge on any atom is -0.480 e. The molecule has 1 aliphatic rings. The Kier molecular flexibility index (Phi) is 4.38. The van der Waals surface area contributed by atoms with E-state index in [0.717, 1.165) is 24.5 Å². The number of rotatable bonds is 4. The van der Waals surface area contributed by atoms with Gasteiger partial charge in [-0.05, 0) is 18.2 Å². The molecule has 3 N–H and O–H groups in total. The number of hydrogen-bond acceptors (Lipinski definition) is 7. The predicted octanol–water partition coefficient (Wildman–Crippen LogP) is 1.32. The third kappa shape index (κ3) is 3.09. The summed E-state index contributed by atoms with van der Waals surface area (Å²) in [4.78, 5) is 10.7. The van der Waals surface area contributed by atoms with Gasteiger partial charge in [-0.2, -0.15) is 0 Å². The largest absolute Gasteiger partial charge is 0.480 e. The van der Waals surface area contributed by atoms with Gasteiger partial charge in [-0.15, -0.1) is 0 Å². The van der Waals surface area contributed by atoms with Crippen LogP contribution >= 0.6 is 0 Å². The maximum atomic E-state index is 8.50. The number of nitrogens with zero attached hydrogens (tertiary/aromatic N) is 3. The van der Waals surface area contributed by atoms with Gasteiger partial charge in [-0.1, -0.05) is 0 Å². The van der Waals surface area contributed by atoms with Crippen molar-refractivity contribution in [3.63, 3.8) is 0 Å². The van der Waals surface area contributed by atoms with E-state index in [1.807, 2.05) is 6.07 Å². The van der Waals surface area contributed by atoms with Crippen LogP contribution in [0.4, 0.5) is 11.5 Å². The van der Waals surface area contributed by atoms with Crippen LogP contribution in [0.1, 0.15) is 11.1 Å². The summed E-state index contributed by atoms with van der Waals surface area (Å²) in [5, 5.41) is 8.50. The molecule has 1 saturated heterocycles. The quantitative estimate of drug-likeness (QED) is 0.826. The van der Waals surface area contributed by atoms with Crippen molar-refractivity contribution in [1.82, 2.24) is 9.97 Å². The van der Waals surface area contributed by atoms with Gasteiger partial charge in [0.25, 0.3) is 0 Å². The molecular weight excluding hydrogens is 294 g/mol. The molecule has 0 spiro atoms. The zero-order valence-electron chi connectivity index (χ0n) is 13.0. The van der Waals surface area contributed by atoms with Gasteiger partial charge in [0.05, 0.1) is 31.6 Å². The molecule has 120 valence electrons. The summed E-state index contributed by atoms with van der Waals surface area (Å²) in [6.07, 6.45) is 3.27. The van der Waals surface area contributed by atoms with E-state index in [9.17, 15) is 0 Å². The van der Waals surface area contributed by atoms with Gasteiger partial charge in [0.1, 0.15) is 5.82 Å². The molecule has 3 heterocycles. The van der Waals surface area contributed by atoms with Gasteiger partial charge in [0.2, 0.25) is 5.88 Å². The van der Waals surface area contributed by atoms with E-state index in [-0.39, 0.29) is 5.71 Å². The molecule has 0 aromatic carbocycles. The second-order valence-electron chi connectivity index (χ2n) is 5.16. The summed E-state index contributed by atoms with van der Waals surface area (Å²) < 4.78 is 10.6. The molecule has 0 radical (unpaired) electrons. The molecule has 2 aromatic heterocycles. The van der Waals surface area contributed by atoms with Gasteiger partial charge >= 0.3 is 0 Å². The average Bonchev–Trinajstić information content (AvgIpc) is 2.61. The van der Waals surface area contributed by atoms with Gasteiger partial charge in [-0.3, -0.25) is 5.41 Å². The molecule has 0 unspecified atom stereocenters. The molecule has 2 aromatic rings. The third-order valence-corrected chi connectivity index (χ3v) is 3.76. The van der Waals surface area contributed by atoms with Crippen LogP contribution < -0.4 is 15.4 Å². The monoisotopic (exact) mass is 313 g/mol. The average molecular weight is 313 g/mol. The smallest absolute Gasteiger partial charge is 0.224 e. The highest BCUT2D eigenvalue weighted by Crippen LogP contribution is 2.25. The van der Waals surface area contributed by atoms with E-state index < -0.39 is 0 Å². The van der Waals surface area contributed by atoms with E-state index in [1.54, 1.807) is 24.5 Å². The van der Waals surface area contributed by atoms with Crippen molar-refractivity contribution in [2.75, 3.05) is 44.0 Å². The Balaban J connectivity index is 1.94. The van der Waals surface area contributed by atoms with Crippen molar-refractivity contribution in [3.05, 3.63) is 41.7 Å². The topological polar surface area (TPSA) is 97.4 Å². The lowest BCUT2D eigenvalue weighted by Gasteiger charge is -2.28. The van der Waals surface area contributed by atoms with Crippen LogP contribution in [-0.2, 0) is 4.74 Å². The fourth-order valence-corrected chi connectivity index (χ4v) is 2.55. The number of morpholine rings is 1. The summed E-state index contributed by atoms with van der Waals surface area (Å²) in [6, 6.07) is 5.34. The predicted molar refractivity (Wildman–Crippen MR) is 88.4 cm³/mol. The van der Waals surface area contributed by atoms with Crippen LogP contribution in [-0.4, -0.2) is 49.1 Å². The molecule has 23 heavy (non-hydrogen) atoms. The number of methoxy groups -OCH3 is 1. The Labute approximate surface area is 134 Å². The molecule has 0 bridgehead atoms. The summed E-state index contributed by atoms with van der Waals surface area (Å²) in [6.45, 7) is 2.96. The first-order valence-electron chi connectivity index (χ1n) is 7.37. The van der Waals surface area contributed by atoms with E-state index in [2.05, 4.69) is 14.9 Å².